The molecule has 0 radical (unpaired) electrons. The van der Waals surface area contributed by atoms with Crippen LogP contribution in [0.25, 0.3) is 10.9 Å². The lowest BCUT2D eigenvalue weighted by Gasteiger charge is -2.16. The molecule has 0 spiro atoms. The minimum absolute atomic E-state index is 0.367. The summed E-state index contributed by atoms with van der Waals surface area (Å²) in [6, 6.07) is 11.2. The van der Waals surface area contributed by atoms with E-state index in [2.05, 4.69) is 15.5 Å². The largest absolute Gasteiger partial charge is 0.490 e. The van der Waals surface area contributed by atoms with Crippen LogP contribution in [0.5, 0.6) is 17.2 Å². The number of hydrogen-bond acceptors (Lipinski definition) is 5. The van der Waals surface area contributed by atoms with Crippen molar-refractivity contribution in [2.75, 3.05) is 19.8 Å². The second-order valence-corrected chi connectivity index (χ2v) is 6.51. The van der Waals surface area contributed by atoms with Gasteiger partial charge < -0.3 is 19.2 Å². The topological polar surface area (TPSA) is 84.9 Å². The van der Waals surface area contributed by atoms with E-state index in [1.165, 1.54) is 0 Å². The highest BCUT2D eigenvalue weighted by Crippen LogP contribution is 2.39. The number of aryl methyl sites for hydroxylation is 1. The highest BCUT2D eigenvalue weighted by molar-refractivity contribution is 6.01. The van der Waals surface area contributed by atoms with Crippen LogP contribution in [0.4, 0.5) is 0 Å². The molecule has 1 amide bonds. The van der Waals surface area contributed by atoms with Crippen molar-refractivity contribution in [3.05, 3.63) is 53.2 Å². The molecule has 1 heterocycles. The van der Waals surface area contributed by atoms with Crippen molar-refractivity contribution in [2.24, 2.45) is 5.10 Å². The fourth-order valence-corrected chi connectivity index (χ4v) is 3.20. The Labute approximate surface area is 176 Å². The molecule has 0 aliphatic carbocycles. The zero-order chi connectivity index (χ0) is 21.5. The smallest absolute Gasteiger partial charge is 0.271 e. The third-order valence-electron chi connectivity index (χ3n) is 4.47. The Hall–Kier alpha value is -3.48. The van der Waals surface area contributed by atoms with Gasteiger partial charge in [0.2, 0.25) is 5.75 Å². The highest BCUT2D eigenvalue weighted by Gasteiger charge is 2.18. The minimum Gasteiger partial charge on any atom is -0.490 e. The van der Waals surface area contributed by atoms with Gasteiger partial charge in [-0.25, -0.2) is 5.43 Å². The Balaban J connectivity index is 1.85. The number of carbonyl (C=O) groups is 1. The zero-order valence-corrected chi connectivity index (χ0v) is 17.7. The van der Waals surface area contributed by atoms with Crippen LogP contribution in [0, 0.1) is 6.92 Å². The summed E-state index contributed by atoms with van der Waals surface area (Å²) in [5, 5.41) is 5.20. The lowest BCUT2D eigenvalue weighted by molar-refractivity contribution is 0.0954. The number of nitrogens with zero attached hydrogens (tertiary/aromatic N) is 1. The van der Waals surface area contributed by atoms with Gasteiger partial charge in [0.25, 0.3) is 5.91 Å². The standard InChI is InChI=1S/C23H27N3O4/c1-5-28-20-12-16(13-21(29-6-2)22(20)30-7-3)23(27)26-24-14-18-15(4)25-19-11-9-8-10-17(18)19/h8-14,25H,5-7H2,1-4H3,(H,26,27)/b24-14+. The van der Waals surface area contributed by atoms with Crippen molar-refractivity contribution in [2.45, 2.75) is 27.7 Å². The highest BCUT2D eigenvalue weighted by atomic mass is 16.5. The molecule has 0 unspecified atom stereocenters. The molecule has 0 atom stereocenters. The maximum atomic E-state index is 12.7. The quantitative estimate of drug-likeness (QED) is 0.404. The molecule has 0 saturated heterocycles. The van der Waals surface area contributed by atoms with E-state index in [0.29, 0.717) is 42.6 Å². The molecule has 2 N–H and O–H groups in total. The summed E-state index contributed by atoms with van der Waals surface area (Å²) >= 11 is 0. The predicted molar refractivity (Wildman–Crippen MR) is 118 cm³/mol. The molecule has 7 heteroatoms. The summed E-state index contributed by atoms with van der Waals surface area (Å²) in [5.41, 5.74) is 5.89. The van der Waals surface area contributed by atoms with E-state index in [1.54, 1.807) is 18.3 Å². The maximum Gasteiger partial charge on any atom is 0.271 e. The van der Waals surface area contributed by atoms with Gasteiger partial charge in [0.1, 0.15) is 0 Å². The molecule has 0 saturated carbocycles. The van der Waals surface area contributed by atoms with E-state index in [-0.39, 0.29) is 5.91 Å². The van der Waals surface area contributed by atoms with E-state index >= 15 is 0 Å². The first-order valence-corrected chi connectivity index (χ1v) is 10.1. The van der Waals surface area contributed by atoms with Gasteiger partial charge in [-0.15, -0.1) is 0 Å². The Kier molecular flexibility index (Phi) is 6.95. The van der Waals surface area contributed by atoms with Gasteiger partial charge in [-0.2, -0.15) is 5.10 Å². The minimum atomic E-state index is -0.367. The summed E-state index contributed by atoms with van der Waals surface area (Å²) < 4.78 is 17.0. The molecule has 1 aromatic heterocycles. The molecule has 30 heavy (non-hydrogen) atoms. The van der Waals surface area contributed by atoms with Gasteiger partial charge in [0.15, 0.2) is 11.5 Å². The normalized spacial score (nSPS) is 11.1. The van der Waals surface area contributed by atoms with Crippen molar-refractivity contribution >= 4 is 23.0 Å². The molecule has 0 fully saturated rings. The van der Waals surface area contributed by atoms with Gasteiger partial charge in [-0.1, -0.05) is 18.2 Å². The number of para-hydroxylation sites is 1. The first-order chi connectivity index (χ1) is 14.6. The van der Waals surface area contributed by atoms with Crippen molar-refractivity contribution in [1.82, 2.24) is 10.4 Å². The number of nitrogens with one attached hydrogen (secondary N) is 2. The average molecular weight is 409 g/mol. The van der Waals surface area contributed by atoms with Crippen LogP contribution in [-0.2, 0) is 0 Å². The molecular weight excluding hydrogens is 382 g/mol. The van der Waals surface area contributed by atoms with Gasteiger partial charge >= 0.3 is 0 Å². The van der Waals surface area contributed by atoms with E-state index < -0.39 is 0 Å². The zero-order valence-electron chi connectivity index (χ0n) is 17.7. The number of hydrazone groups is 1. The van der Waals surface area contributed by atoms with Gasteiger partial charge in [0, 0.05) is 27.7 Å². The Morgan fingerprint density at radius 2 is 1.67 bits per heavy atom. The molecule has 158 valence electrons. The Morgan fingerprint density at radius 1 is 1.03 bits per heavy atom. The monoisotopic (exact) mass is 409 g/mol. The number of amides is 1. The molecular formula is C23H27N3O4. The molecule has 3 aromatic rings. The number of hydrogen-bond donors (Lipinski definition) is 2. The summed E-state index contributed by atoms with van der Waals surface area (Å²) in [7, 11) is 0. The summed E-state index contributed by atoms with van der Waals surface area (Å²) in [6.07, 6.45) is 1.65. The SMILES string of the molecule is CCOc1cc(C(=O)N/N=C/c2c(C)[nH]c3ccccc23)cc(OCC)c1OCC. The number of carbonyl (C=O) groups excluding carboxylic acids is 1. The fraction of sp³-hybridized carbons (Fsp3) is 0.304. The van der Waals surface area contributed by atoms with Gasteiger partial charge in [0.05, 0.1) is 26.0 Å². The number of aromatic amines is 1. The summed E-state index contributed by atoms with van der Waals surface area (Å²) in [5.74, 6) is 1.06. The van der Waals surface area contributed by atoms with Crippen LogP contribution in [-0.4, -0.2) is 36.9 Å². The number of H-pyrrole nitrogens is 1. The van der Waals surface area contributed by atoms with Crippen LogP contribution in [0.2, 0.25) is 0 Å². The average Bonchev–Trinajstić information content (AvgIpc) is 3.05. The molecule has 3 rings (SSSR count). The van der Waals surface area contributed by atoms with Crippen LogP contribution in [0.1, 0.15) is 42.4 Å². The van der Waals surface area contributed by atoms with Crippen molar-refractivity contribution in [1.29, 1.82) is 0 Å². The van der Waals surface area contributed by atoms with Crippen molar-refractivity contribution in [3.63, 3.8) is 0 Å². The Bertz CT molecular complexity index is 1030. The second kappa shape index (κ2) is 9.82. The number of ether oxygens (including phenoxy) is 3. The van der Waals surface area contributed by atoms with Gasteiger partial charge in [-0.3, -0.25) is 4.79 Å². The number of aromatic nitrogens is 1. The first kappa shape index (κ1) is 21.2. The van der Waals surface area contributed by atoms with Crippen molar-refractivity contribution in [3.8, 4) is 17.2 Å². The first-order valence-electron chi connectivity index (χ1n) is 10.1. The van der Waals surface area contributed by atoms with Crippen LogP contribution in [0.15, 0.2) is 41.5 Å². The lowest BCUT2D eigenvalue weighted by atomic mass is 10.1. The lowest BCUT2D eigenvalue weighted by Crippen LogP contribution is -2.18. The Morgan fingerprint density at radius 3 is 2.30 bits per heavy atom. The van der Waals surface area contributed by atoms with Crippen LogP contribution < -0.4 is 19.6 Å². The van der Waals surface area contributed by atoms with E-state index in [9.17, 15) is 4.79 Å². The summed E-state index contributed by atoms with van der Waals surface area (Å²) in [4.78, 5) is 16.0. The maximum absolute atomic E-state index is 12.7. The summed E-state index contributed by atoms with van der Waals surface area (Å²) in [6.45, 7) is 8.93. The third kappa shape index (κ3) is 4.56. The number of fused-ring (bicyclic) bond motifs is 1. The third-order valence-corrected chi connectivity index (χ3v) is 4.47. The van der Waals surface area contributed by atoms with Gasteiger partial charge in [-0.05, 0) is 45.9 Å². The molecule has 0 aliphatic rings. The van der Waals surface area contributed by atoms with Crippen LogP contribution >= 0.6 is 0 Å². The second-order valence-electron chi connectivity index (χ2n) is 6.51. The van der Waals surface area contributed by atoms with E-state index in [0.717, 1.165) is 22.2 Å². The molecule has 0 bridgehead atoms. The molecule has 2 aromatic carbocycles. The van der Waals surface area contributed by atoms with E-state index in [1.807, 2.05) is 52.0 Å². The van der Waals surface area contributed by atoms with E-state index in [4.69, 9.17) is 14.2 Å². The predicted octanol–water partition coefficient (Wildman–Crippen LogP) is 4.44. The fourth-order valence-electron chi connectivity index (χ4n) is 3.20. The molecule has 7 nitrogen and oxygen atoms in total. The van der Waals surface area contributed by atoms with Crippen LogP contribution in [0.3, 0.4) is 0 Å². The number of rotatable bonds is 9. The number of benzene rings is 2. The molecule has 0 aliphatic heterocycles. The van der Waals surface area contributed by atoms with Crippen molar-refractivity contribution < 1.29 is 19.0 Å².